The van der Waals surface area contributed by atoms with Crippen LogP contribution in [-0.4, -0.2) is 26.8 Å². The number of halogens is 2. The van der Waals surface area contributed by atoms with Gasteiger partial charge in [0.2, 0.25) is 0 Å². The highest BCUT2D eigenvalue weighted by Gasteiger charge is 2.20. The number of methoxy groups -OCH3 is 1. The Morgan fingerprint density at radius 1 is 1.07 bits per heavy atom. The predicted molar refractivity (Wildman–Crippen MR) is 106 cm³/mol. The Labute approximate surface area is 166 Å². The molecule has 2 aromatic heterocycles. The molecule has 0 atom stereocenters. The van der Waals surface area contributed by atoms with E-state index in [-0.39, 0.29) is 19.2 Å². The van der Waals surface area contributed by atoms with E-state index in [4.69, 9.17) is 4.74 Å². The lowest BCUT2D eigenvalue weighted by Gasteiger charge is -2.11. The number of benzene rings is 2. The molecule has 0 saturated carbocycles. The molecule has 2 heterocycles. The van der Waals surface area contributed by atoms with Crippen molar-refractivity contribution in [2.24, 2.45) is 0 Å². The van der Waals surface area contributed by atoms with E-state index in [1.807, 2.05) is 29.7 Å². The van der Waals surface area contributed by atoms with Gasteiger partial charge in [0.15, 0.2) is 0 Å². The van der Waals surface area contributed by atoms with E-state index in [9.17, 15) is 13.9 Å². The lowest BCUT2D eigenvalue weighted by atomic mass is 10.0. The standard InChI is InChI=1S/C22H19F2N3O2/c1-13-3-6-19-17(7-13)21(15-9-25-22(29-2)26-10-15)20(12-28)27(19)11-14-4-5-16(23)8-18(14)24/h3-10,28H,11-12H2,1-2H3. The molecule has 0 saturated heterocycles. The summed E-state index contributed by atoms with van der Waals surface area (Å²) < 4.78 is 34.5. The van der Waals surface area contributed by atoms with E-state index in [2.05, 4.69) is 9.97 Å². The third kappa shape index (κ3) is 3.45. The van der Waals surface area contributed by atoms with Crippen LogP contribution in [0.2, 0.25) is 0 Å². The summed E-state index contributed by atoms with van der Waals surface area (Å²) in [6, 6.07) is 9.64. The molecule has 5 nitrogen and oxygen atoms in total. The number of hydrogen-bond acceptors (Lipinski definition) is 4. The first-order valence-corrected chi connectivity index (χ1v) is 9.04. The minimum Gasteiger partial charge on any atom is -0.467 e. The van der Waals surface area contributed by atoms with E-state index in [0.717, 1.165) is 28.1 Å². The second kappa shape index (κ2) is 7.60. The van der Waals surface area contributed by atoms with Gasteiger partial charge in [0.1, 0.15) is 11.6 Å². The summed E-state index contributed by atoms with van der Waals surface area (Å²) in [5, 5.41) is 11.1. The molecule has 0 aliphatic heterocycles. The smallest absolute Gasteiger partial charge is 0.316 e. The highest BCUT2D eigenvalue weighted by Crippen LogP contribution is 2.36. The Morgan fingerprint density at radius 3 is 2.48 bits per heavy atom. The van der Waals surface area contributed by atoms with Gasteiger partial charge >= 0.3 is 6.01 Å². The van der Waals surface area contributed by atoms with Crippen molar-refractivity contribution >= 4 is 10.9 Å². The monoisotopic (exact) mass is 395 g/mol. The summed E-state index contributed by atoms with van der Waals surface area (Å²) in [5.74, 6) is -1.25. The van der Waals surface area contributed by atoms with Crippen LogP contribution in [0.4, 0.5) is 8.78 Å². The molecule has 4 rings (SSSR count). The molecular weight excluding hydrogens is 376 g/mol. The molecular formula is C22H19F2N3O2. The quantitative estimate of drug-likeness (QED) is 0.549. The molecule has 0 radical (unpaired) electrons. The maximum absolute atomic E-state index is 14.3. The van der Waals surface area contributed by atoms with Crippen molar-refractivity contribution in [3.63, 3.8) is 0 Å². The number of aliphatic hydroxyl groups is 1. The van der Waals surface area contributed by atoms with Crippen molar-refractivity contribution < 1.29 is 18.6 Å². The fourth-order valence-corrected chi connectivity index (χ4v) is 3.56. The number of hydrogen-bond donors (Lipinski definition) is 1. The lowest BCUT2D eigenvalue weighted by Crippen LogP contribution is -2.07. The van der Waals surface area contributed by atoms with E-state index in [1.54, 1.807) is 12.4 Å². The van der Waals surface area contributed by atoms with Crippen LogP contribution in [0.5, 0.6) is 6.01 Å². The van der Waals surface area contributed by atoms with Gasteiger partial charge in [-0.05, 0) is 25.1 Å². The summed E-state index contributed by atoms with van der Waals surface area (Å²) in [7, 11) is 1.49. The van der Waals surface area contributed by atoms with Gasteiger partial charge in [0.25, 0.3) is 0 Å². The number of aryl methyl sites for hydroxylation is 1. The molecule has 0 bridgehead atoms. The highest BCUT2D eigenvalue weighted by molar-refractivity contribution is 5.98. The fraction of sp³-hybridized carbons (Fsp3) is 0.182. The van der Waals surface area contributed by atoms with Crippen molar-refractivity contribution in [1.82, 2.24) is 14.5 Å². The first-order chi connectivity index (χ1) is 14.0. The molecule has 4 aromatic rings. The molecule has 0 aliphatic carbocycles. The zero-order valence-corrected chi connectivity index (χ0v) is 16.0. The summed E-state index contributed by atoms with van der Waals surface area (Å²) in [6.45, 7) is 1.86. The van der Waals surface area contributed by atoms with E-state index in [1.165, 1.54) is 19.2 Å². The van der Waals surface area contributed by atoms with E-state index < -0.39 is 11.6 Å². The number of fused-ring (bicyclic) bond motifs is 1. The molecule has 0 amide bonds. The molecule has 0 unspecified atom stereocenters. The molecule has 2 aromatic carbocycles. The minimum atomic E-state index is -0.628. The summed E-state index contributed by atoms with van der Waals surface area (Å²) in [5.41, 5.74) is 4.29. The zero-order chi connectivity index (χ0) is 20.5. The van der Waals surface area contributed by atoms with Crippen LogP contribution in [0, 0.1) is 18.6 Å². The number of aliphatic hydroxyl groups excluding tert-OH is 1. The minimum absolute atomic E-state index is 0.151. The molecule has 148 valence electrons. The Kier molecular flexibility index (Phi) is 4.98. The number of aromatic nitrogens is 3. The second-order valence-electron chi connectivity index (χ2n) is 6.78. The molecule has 1 N–H and O–H groups in total. The number of ether oxygens (including phenoxy) is 1. The molecule has 29 heavy (non-hydrogen) atoms. The van der Waals surface area contributed by atoms with Gasteiger partial charge in [-0.25, -0.2) is 18.7 Å². The van der Waals surface area contributed by atoms with Gasteiger partial charge in [0, 0.05) is 46.1 Å². The zero-order valence-electron chi connectivity index (χ0n) is 16.0. The normalized spacial score (nSPS) is 11.2. The average molecular weight is 395 g/mol. The molecule has 0 spiro atoms. The topological polar surface area (TPSA) is 60.2 Å². The van der Waals surface area contributed by atoms with Crippen molar-refractivity contribution in [1.29, 1.82) is 0 Å². The fourth-order valence-electron chi connectivity index (χ4n) is 3.56. The summed E-state index contributed by atoms with van der Waals surface area (Å²) >= 11 is 0. The van der Waals surface area contributed by atoms with Crippen LogP contribution in [-0.2, 0) is 13.2 Å². The molecule has 0 fully saturated rings. The van der Waals surface area contributed by atoms with Crippen molar-refractivity contribution in [3.8, 4) is 17.1 Å². The summed E-state index contributed by atoms with van der Waals surface area (Å²) in [4.78, 5) is 8.34. The van der Waals surface area contributed by atoms with E-state index >= 15 is 0 Å². The third-order valence-electron chi connectivity index (χ3n) is 4.92. The van der Waals surface area contributed by atoms with Crippen LogP contribution >= 0.6 is 0 Å². The van der Waals surface area contributed by atoms with Crippen LogP contribution in [0.25, 0.3) is 22.0 Å². The summed E-state index contributed by atoms with van der Waals surface area (Å²) in [6.07, 6.45) is 3.26. The Bertz CT molecular complexity index is 1190. The largest absolute Gasteiger partial charge is 0.467 e. The second-order valence-corrected chi connectivity index (χ2v) is 6.78. The van der Waals surface area contributed by atoms with E-state index in [0.29, 0.717) is 16.8 Å². The van der Waals surface area contributed by atoms with Gasteiger partial charge in [-0.3, -0.25) is 0 Å². The van der Waals surface area contributed by atoms with Crippen LogP contribution in [0.1, 0.15) is 16.8 Å². The maximum atomic E-state index is 14.3. The predicted octanol–water partition coefficient (Wildman–Crippen LogP) is 4.23. The van der Waals surface area contributed by atoms with Gasteiger partial charge in [-0.2, -0.15) is 0 Å². The third-order valence-corrected chi connectivity index (χ3v) is 4.92. The van der Waals surface area contributed by atoms with Gasteiger partial charge in [-0.1, -0.05) is 17.7 Å². The lowest BCUT2D eigenvalue weighted by molar-refractivity contribution is 0.272. The maximum Gasteiger partial charge on any atom is 0.316 e. The van der Waals surface area contributed by atoms with Crippen molar-refractivity contribution in [2.45, 2.75) is 20.1 Å². The molecule has 7 heteroatoms. The number of rotatable bonds is 5. The van der Waals surface area contributed by atoms with Crippen LogP contribution in [0.3, 0.4) is 0 Å². The van der Waals surface area contributed by atoms with Crippen LogP contribution < -0.4 is 4.74 Å². The SMILES string of the molecule is COc1ncc(-c2c(CO)n(Cc3ccc(F)cc3F)c3ccc(C)cc23)cn1. The Hall–Kier alpha value is -3.32. The first-order valence-electron chi connectivity index (χ1n) is 9.04. The molecule has 0 aliphatic rings. The Balaban J connectivity index is 1.94. The highest BCUT2D eigenvalue weighted by atomic mass is 19.1. The Morgan fingerprint density at radius 2 is 1.83 bits per heavy atom. The first kappa shape index (κ1) is 19.0. The van der Waals surface area contributed by atoms with Gasteiger partial charge in [-0.15, -0.1) is 0 Å². The van der Waals surface area contributed by atoms with Crippen LogP contribution in [0.15, 0.2) is 48.8 Å². The van der Waals surface area contributed by atoms with Gasteiger partial charge < -0.3 is 14.4 Å². The van der Waals surface area contributed by atoms with Gasteiger partial charge in [0.05, 0.1) is 26.0 Å². The number of nitrogens with zero attached hydrogens (tertiary/aromatic N) is 3. The average Bonchev–Trinajstić information content (AvgIpc) is 3.02. The van der Waals surface area contributed by atoms with Crippen molar-refractivity contribution in [2.75, 3.05) is 7.11 Å². The van der Waals surface area contributed by atoms with Crippen molar-refractivity contribution in [3.05, 3.63) is 77.2 Å².